The van der Waals surface area contributed by atoms with Crippen LogP contribution in [0.3, 0.4) is 0 Å². The van der Waals surface area contributed by atoms with Gasteiger partial charge in [-0.3, -0.25) is 0 Å². The molecule has 0 atom stereocenters. The largest absolute Gasteiger partial charge is 0.490 e. The van der Waals surface area contributed by atoms with Crippen molar-refractivity contribution in [2.24, 2.45) is 16.6 Å². The van der Waals surface area contributed by atoms with Crippen LogP contribution in [0.15, 0.2) is 23.2 Å². The van der Waals surface area contributed by atoms with Crippen molar-refractivity contribution in [3.8, 4) is 11.5 Å². The van der Waals surface area contributed by atoms with Crippen molar-refractivity contribution in [2.75, 3.05) is 26.3 Å². The lowest BCUT2D eigenvalue weighted by molar-refractivity contribution is 0.277. The SMILES string of the molecule is CC1CCN(C(N)=NCc2ccc3c(c2)OCCCO3)CC1.I. The molecular weight excluding hydrogens is 405 g/mol. The van der Waals surface area contributed by atoms with Crippen molar-refractivity contribution in [3.63, 3.8) is 0 Å². The second-order valence-corrected chi connectivity index (χ2v) is 6.18. The number of fused-ring (bicyclic) bond motifs is 1. The van der Waals surface area contributed by atoms with Gasteiger partial charge in [-0.1, -0.05) is 13.0 Å². The Morgan fingerprint density at radius 2 is 1.91 bits per heavy atom. The van der Waals surface area contributed by atoms with Crippen molar-refractivity contribution in [2.45, 2.75) is 32.7 Å². The Balaban J connectivity index is 0.00000192. The van der Waals surface area contributed by atoms with Crippen molar-refractivity contribution in [1.82, 2.24) is 4.90 Å². The summed E-state index contributed by atoms with van der Waals surface area (Å²) in [5.74, 6) is 3.09. The van der Waals surface area contributed by atoms with Crippen LogP contribution in [0.4, 0.5) is 0 Å². The highest BCUT2D eigenvalue weighted by Crippen LogP contribution is 2.30. The fourth-order valence-corrected chi connectivity index (χ4v) is 2.82. The zero-order valence-corrected chi connectivity index (χ0v) is 16.0. The standard InChI is InChI=1S/C17H25N3O2.HI/c1-13-5-7-20(8-6-13)17(18)19-12-14-3-4-15-16(11-14)22-10-2-9-21-15;/h3-4,11,13H,2,5-10,12H2,1H3,(H2,18,19);1H. The van der Waals surface area contributed by atoms with Gasteiger partial charge >= 0.3 is 0 Å². The summed E-state index contributed by atoms with van der Waals surface area (Å²) in [6.45, 7) is 6.31. The summed E-state index contributed by atoms with van der Waals surface area (Å²) in [6, 6.07) is 6.00. The summed E-state index contributed by atoms with van der Waals surface area (Å²) in [7, 11) is 0. The molecule has 0 unspecified atom stereocenters. The van der Waals surface area contributed by atoms with E-state index in [2.05, 4.69) is 16.8 Å². The molecule has 1 saturated heterocycles. The van der Waals surface area contributed by atoms with E-state index >= 15 is 0 Å². The monoisotopic (exact) mass is 431 g/mol. The summed E-state index contributed by atoms with van der Waals surface area (Å²) in [4.78, 5) is 6.72. The molecule has 0 bridgehead atoms. The molecule has 0 radical (unpaired) electrons. The minimum Gasteiger partial charge on any atom is -0.490 e. The van der Waals surface area contributed by atoms with Gasteiger partial charge in [-0.25, -0.2) is 4.99 Å². The minimum absolute atomic E-state index is 0. The van der Waals surface area contributed by atoms with Crippen LogP contribution in [0.2, 0.25) is 0 Å². The summed E-state index contributed by atoms with van der Waals surface area (Å²) < 4.78 is 11.3. The molecule has 128 valence electrons. The Bertz CT molecular complexity index is 543. The fourth-order valence-electron chi connectivity index (χ4n) is 2.82. The van der Waals surface area contributed by atoms with Crippen LogP contribution in [0, 0.1) is 5.92 Å². The number of guanidine groups is 1. The van der Waals surface area contributed by atoms with Gasteiger partial charge in [0.15, 0.2) is 17.5 Å². The Kier molecular flexibility index (Phi) is 6.80. The Labute approximate surface area is 155 Å². The quantitative estimate of drug-likeness (QED) is 0.445. The van der Waals surface area contributed by atoms with Crippen LogP contribution in [0.1, 0.15) is 31.7 Å². The van der Waals surface area contributed by atoms with Crippen LogP contribution in [-0.2, 0) is 6.54 Å². The maximum Gasteiger partial charge on any atom is 0.191 e. The lowest BCUT2D eigenvalue weighted by Crippen LogP contribution is -2.42. The molecule has 5 nitrogen and oxygen atoms in total. The first-order chi connectivity index (χ1) is 10.7. The molecule has 1 aromatic carbocycles. The first-order valence-corrected chi connectivity index (χ1v) is 8.16. The highest BCUT2D eigenvalue weighted by atomic mass is 127. The second kappa shape index (κ2) is 8.61. The summed E-state index contributed by atoms with van der Waals surface area (Å²) in [5, 5.41) is 0. The first kappa shape index (κ1) is 18.2. The summed E-state index contributed by atoms with van der Waals surface area (Å²) in [5.41, 5.74) is 7.22. The summed E-state index contributed by atoms with van der Waals surface area (Å²) >= 11 is 0. The van der Waals surface area contributed by atoms with E-state index in [0.717, 1.165) is 42.5 Å². The number of nitrogens with two attached hydrogens (primary N) is 1. The highest BCUT2D eigenvalue weighted by molar-refractivity contribution is 14.0. The molecular formula is C17H26IN3O2. The van der Waals surface area contributed by atoms with E-state index in [4.69, 9.17) is 15.2 Å². The van der Waals surface area contributed by atoms with Crippen LogP contribution in [-0.4, -0.2) is 37.2 Å². The third-order valence-corrected chi connectivity index (χ3v) is 4.34. The molecule has 2 heterocycles. The van der Waals surface area contributed by atoms with E-state index in [1.807, 2.05) is 18.2 Å². The topological polar surface area (TPSA) is 60.1 Å². The maximum absolute atomic E-state index is 6.12. The minimum atomic E-state index is 0. The molecule has 2 aliphatic rings. The van der Waals surface area contributed by atoms with Gasteiger partial charge in [-0.15, -0.1) is 24.0 Å². The van der Waals surface area contributed by atoms with Crippen molar-refractivity contribution >= 4 is 29.9 Å². The second-order valence-electron chi connectivity index (χ2n) is 6.18. The molecule has 1 aromatic rings. The lowest BCUT2D eigenvalue weighted by atomic mass is 10.00. The maximum atomic E-state index is 6.12. The number of rotatable bonds is 2. The van der Waals surface area contributed by atoms with E-state index in [9.17, 15) is 0 Å². The van der Waals surface area contributed by atoms with Crippen LogP contribution >= 0.6 is 24.0 Å². The number of piperidine rings is 1. The Morgan fingerprint density at radius 3 is 2.65 bits per heavy atom. The van der Waals surface area contributed by atoms with Crippen molar-refractivity contribution in [1.29, 1.82) is 0 Å². The van der Waals surface area contributed by atoms with Gasteiger partial charge in [0.25, 0.3) is 0 Å². The first-order valence-electron chi connectivity index (χ1n) is 8.16. The Morgan fingerprint density at radius 1 is 1.22 bits per heavy atom. The van der Waals surface area contributed by atoms with Gasteiger partial charge in [0, 0.05) is 19.5 Å². The summed E-state index contributed by atoms with van der Waals surface area (Å²) in [6.07, 6.45) is 3.31. The number of hydrogen-bond acceptors (Lipinski definition) is 3. The number of hydrogen-bond donors (Lipinski definition) is 1. The van der Waals surface area contributed by atoms with Gasteiger partial charge in [-0.2, -0.15) is 0 Å². The molecule has 0 aromatic heterocycles. The van der Waals surface area contributed by atoms with Crippen LogP contribution in [0.25, 0.3) is 0 Å². The lowest BCUT2D eigenvalue weighted by Gasteiger charge is -2.31. The van der Waals surface area contributed by atoms with E-state index in [0.29, 0.717) is 25.7 Å². The smallest absolute Gasteiger partial charge is 0.191 e. The Hall–Kier alpha value is -1.18. The van der Waals surface area contributed by atoms with Crippen molar-refractivity contribution in [3.05, 3.63) is 23.8 Å². The average Bonchev–Trinajstić information content (AvgIpc) is 2.78. The van der Waals surface area contributed by atoms with Gasteiger partial charge in [0.2, 0.25) is 0 Å². The van der Waals surface area contributed by atoms with E-state index in [1.54, 1.807) is 0 Å². The van der Waals surface area contributed by atoms with Crippen LogP contribution < -0.4 is 15.2 Å². The van der Waals surface area contributed by atoms with Crippen molar-refractivity contribution < 1.29 is 9.47 Å². The molecule has 0 spiro atoms. The average molecular weight is 431 g/mol. The van der Waals surface area contributed by atoms with E-state index in [1.165, 1.54) is 12.8 Å². The predicted molar refractivity (Wildman–Crippen MR) is 103 cm³/mol. The molecule has 23 heavy (non-hydrogen) atoms. The molecule has 0 aliphatic carbocycles. The zero-order valence-electron chi connectivity index (χ0n) is 13.7. The number of benzene rings is 1. The normalized spacial score (nSPS) is 19.0. The molecule has 3 rings (SSSR count). The highest BCUT2D eigenvalue weighted by Gasteiger charge is 2.17. The van der Waals surface area contributed by atoms with Gasteiger partial charge in [0.1, 0.15) is 0 Å². The fraction of sp³-hybridized carbons (Fsp3) is 0.588. The number of halogens is 1. The predicted octanol–water partition coefficient (Wildman–Crippen LogP) is 3.01. The molecule has 6 heteroatoms. The number of likely N-dealkylation sites (tertiary alicyclic amines) is 1. The number of ether oxygens (including phenoxy) is 2. The number of aliphatic imine (C=N–C) groups is 1. The van der Waals surface area contributed by atoms with Gasteiger partial charge in [0.05, 0.1) is 19.8 Å². The molecule has 0 amide bonds. The zero-order chi connectivity index (χ0) is 15.4. The molecule has 0 saturated carbocycles. The van der Waals surface area contributed by atoms with E-state index < -0.39 is 0 Å². The molecule has 2 N–H and O–H groups in total. The molecule has 2 aliphatic heterocycles. The third kappa shape index (κ3) is 4.89. The van der Waals surface area contributed by atoms with Gasteiger partial charge < -0.3 is 20.1 Å². The van der Waals surface area contributed by atoms with Crippen LogP contribution in [0.5, 0.6) is 11.5 Å². The van der Waals surface area contributed by atoms with Gasteiger partial charge in [-0.05, 0) is 36.5 Å². The molecule has 1 fully saturated rings. The van der Waals surface area contributed by atoms with E-state index in [-0.39, 0.29) is 24.0 Å². The third-order valence-electron chi connectivity index (χ3n) is 4.34. The number of nitrogens with zero attached hydrogens (tertiary/aromatic N) is 2.